The quantitative estimate of drug-likeness (QED) is 0.378. The molecule has 4 nitrogen and oxygen atoms in total. The molecule has 0 amide bonds. The number of hydrogen-bond acceptors (Lipinski definition) is 4. The maximum absolute atomic E-state index is 14.6. The molecule has 0 aliphatic heterocycles. The molecule has 1 aromatic heterocycles. The van der Waals surface area contributed by atoms with Crippen molar-refractivity contribution in [3.63, 3.8) is 0 Å². The number of rotatable bonds is 6. The number of aromatic nitrogens is 2. The van der Waals surface area contributed by atoms with Crippen molar-refractivity contribution in [1.82, 2.24) is 9.97 Å². The molecule has 6 heteroatoms. The summed E-state index contributed by atoms with van der Waals surface area (Å²) in [4.78, 5) is 21.5. The van der Waals surface area contributed by atoms with Crippen molar-refractivity contribution >= 4 is 46.7 Å². The van der Waals surface area contributed by atoms with Crippen LogP contribution in [0.3, 0.4) is 0 Å². The van der Waals surface area contributed by atoms with E-state index >= 15 is 0 Å². The summed E-state index contributed by atoms with van der Waals surface area (Å²) in [5.74, 6) is 0. The molecule has 0 radical (unpaired) electrons. The predicted octanol–water partition coefficient (Wildman–Crippen LogP) is 3.05. The minimum absolute atomic E-state index is 0.395. The standard InChI is InChI=1S/C28H24N2O2P2/c31-33(23-13-5-1-6-14-23,24-15-7-2-8-16-24)27-21-30-28(22-29-27)34(32,25-17-9-3-10-18-25)26-19-11-4-12-20-26/h1-22,31,33H. The fourth-order valence-corrected chi connectivity index (χ4v) is 9.41. The van der Waals surface area contributed by atoms with Crippen LogP contribution in [0.15, 0.2) is 134 Å². The Hall–Kier alpha value is -3.42. The molecule has 1 N–H and O–H groups in total. The van der Waals surface area contributed by atoms with E-state index in [9.17, 15) is 9.46 Å². The van der Waals surface area contributed by atoms with E-state index in [-0.39, 0.29) is 0 Å². The van der Waals surface area contributed by atoms with E-state index in [1.165, 1.54) is 0 Å². The summed E-state index contributed by atoms with van der Waals surface area (Å²) < 4.78 is 14.6. The van der Waals surface area contributed by atoms with Crippen LogP contribution in [0.2, 0.25) is 0 Å². The zero-order chi connectivity index (χ0) is 23.4. The van der Waals surface area contributed by atoms with E-state index in [2.05, 4.69) is 4.98 Å². The molecule has 34 heavy (non-hydrogen) atoms. The van der Waals surface area contributed by atoms with Crippen molar-refractivity contribution < 1.29 is 9.46 Å². The summed E-state index contributed by atoms with van der Waals surface area (Å²) in [6, 6.07) is 38.0. The molecule has 0 spiro atoms. The van der Waals surface area contributed by atoms with Gasteiger partial charge in [0.25, 0.3) is 0 Å². The molecule has 0 aliphatic carbocycles. The monoisotopic (exact) mass is 482 g/mol. The molecule has 0 unspecified atom stereocenters. The van der Waals surface area contributed by atoms with Crippen molar-refractivity contribution in [2.24, 2.45) is 0 Å². The molecule has 0 bridgehead atoms. The fraction of sp³-hybridized carbons (Fsp3) is 0. The Kier molecular flexibility index (Phi) is 6.22. The summed E-state index contributed by atoms with van der Waals surface area (Å²) in [6.07, 6.45) is 3.17. The van der Waals surface area contributed by atoms with E-state index in [1.807, 2.05) is 121 Å². The summed E-state index contributed by atoms with van der Waals surface area (Å²) in [6.45, 7) is 0. The Bertz CT molecular complexity index is 1330. The Labute approximate surface area is 199 Å². The molecular formula is C28H24N2O2P2. The van der Waals surface area contributed by atoms with Crippen molar-refractivity contribution in [3.05, 3.63) is 134 Å². The zero-order valence-electron chi connectivity index (χ0n) is 18.4. The van der Waals surface area contributed by atoms with Crippen molar-refractivity contribution in [1.29, 1.82) is 0 Å². The Morgan fingerprint density at radius 1 is 0.559 bits per heavy atom. The van der Waals surface area contributed by atoms with Gasteiger partial charge in [0, 0.05) is 0 Å². The molecule has 0 fully saturated rings. The van der Waals surface area contributed by atoms with Gasteiger partial charge in [-0.3, -0.25) is 0 Å². The third-order valence-corrected chi connectivity index (χ3v) is 12.2. The second-order valence-electron chi connectivity index (χ2n) is 7.98. The van der Waals surface area contributed by atoms with Crippen molar-refractivity contribution in [2.45, 2.75) is 0 Å². The average Bonchev–Trinajstić information content (AvgIpc) is 2.94. The van der Waals surface area contributed by atoms with Gasteiger partial charge < -0.3 is 0 Å². The fourth-order valence-electron chi connectivity index (χ4n) is 4.18. The van der Waals surface area contributed by atoms with Gasteiger partial charge in [0.2, 0.25) is 0 Å². The molecule has 5 aromatic rings. The van der Waals surface area contributed by atoms with E-state index in [0.29, 0.717) is 21.5 Å². The summed E-state index contributed by atoms with van der Waals surface area (Å²) >= 11 is 0. The summed E-state index contributed by atoms with van der Waals surface area (Å²) in [5, 5.41) is 3.03. The van der Waals surface area contributed by atoms with Gasteiger partial charge in [0.1, 0.15) is 0 Å². The maximum atomic E-state index is 14.6. The van der Waals surface area contributed by atoms with Gasteiger partial charge in [-0.05, 0) is 0 Å². The van der Waals surface area contributed by atoms with Gasteiger partial charge in [-0.2, -0.15) is 0 Å². The molecule has 0 aliphatic rings. The summed E-state index contributed by atoms with van der Waals surface area (Å²) in [5.41, 5.74) is 0.896. The second kappa shape index (κ2) is 9.44. The van der Waals surface area contributed by atoms with Gasteiger partial charge in [0.05, 0.1) is 0 Å². The predicted molar refractivity (Wildman–Crippen MR) is 144 cm³/mol. The van der Waals surface area contributed by atoms with E-state index in [0.717, 1.165) is 10.6 Å². The van der Waals surface area contributed by atoms with Crippen LogP contribution in [0.5, 0.6) is 0 Å². The SMILES string of the molecule is O=P(c1ccccc1)(c1ccccc1)c1cnc([PH](O)(c2ccccc2)c2ccccc2)cn1. The Balaban J connectivity index is 1.66. The topological polar surface area (TPSA) is 63.1 Å². The van der Waals surface area contributed by atoms with Crippen molar-refractivity contribution in [3.8, 4) is 0 Å². The Morgan fingerprint density at radius 3 is 1.35 bits per heavy atom. The van der Waals surface area contributed by atoms with Gasteiger partial charge in [0.15, 0.2) is 0 Å². The average molecular weight is 482 g/mol. The van der Waals surface area contributed by atoms with Crippen LogP contribution in [-0.4, -0.2) is 14.9 Å². The van der Waals surface area contributed by atoms with Crippen LogP contribution in [0, 0.1) is 0 Å². The van der Waals surface area contributed by atoms with E-state index in [4.69, 9.17) is 4.98 Å². The summed E-state index contributed by atoms with van der Waals surface area (Å²) in [7, 11) is -6.61. The molecule has 1 heterocycles. The van der Waals surface area contributed by atoms with Gasteiger partial charge in [-0.15, -0.1) is 0 Å². The molecule has 5 rings (SSSR count). The van der Waals surface area contributed by atoms with Gasteiger partial charge in [-0.25, -0.2) is 0 Å². The first-order valence-electron chi connectivity index (χ1n) is 11.0. The zero-order valence-corrected chi connectivity index (χ0v) is 20.3. The van der Waals surface area contributed by atoms with Crippen LogP contribution in [-0.2, 0) is 4.57 Å². The second-order valence-corrected chi connectivity index (χ2v) is 13.8. The van der Waals surface area contributed by atoms with E-state index < -0.39 is 14.6 Å². The number of nitrogens with zero attached hydrogens (tertiary/aromatic N) is 2. The van der Waals surface area contributed by atoms with Crippen molar-refractivity contribution in [2.75, 3.05) is 0 Å². The molecule has 0 saturated heterocycles. The third-order valence-electron chi connectivity index (χ3n) is 5.95. The normalized spacial score (nSPS) is 12.3. The third kappa shape index (κ3) is 3.91. The van der Waals surface area contributed by atoms with Crippen LogP contribution < -0.4 is 32.1 Å². The van der Waals surface area contributed by atoms with Crippen LogP contribution in [0.4, 0.5) is 0 Å². The molecule has 4 aromatic carbocycles. The molecule has 0 saturated carbocycles. The van der Waals surface area contributed by atoms with Crippen LogP contribution in [0.25, 0.3) is 0 Å². The van der Waals surface area contributed by atoms with Crippen LogP contribution in [0.1, 0.15) is 0 Å². The Morgan fingerprint density at radius 2 is 0.971 bits per heavy atom. The number of hydrogen-bond donors (Lipinski definition) is 1. The van der Waals surface area contributed by atoms with Gasteiger partial charge in [-0.1, -0.05) is 0 Å². The minimum atomic E-state index is -3.38. The molecule has 0 atom stereocenters. The first kappa shape index (κ1) is 22.4. The van der Waals surface area contributed by atoms with Crippen LogP contribution >= 0.6 is 14.6 Å². The van der Waals surface area contributed by atoms with Gasteiger partial charge >= 0.3 is 200 Å². The first-order valence-corrected chi connectivity index (χ1v) is 14.7. The number of benzene rings is 4. The molecule has 168 valence electrons. The molecular weight excluding hydrogens is 458 g/mol. The first-order chi connectivity index (χ1) is 16.6. The van der Waals surface area contributed by atoms with E-state index in [1.54, 1.807) is 12.4 Å².